The normalized spacial score (nSPS) is 20.0. The van der Waals surface area contributed by atoms with Crippen LogP contribution in [0, 0.1) is 49.4 Å². The number of carbonyl (C=O) groups is 2. The minimum absolute atomic E-state index is 0.185. The molecule has 0 N–H and O–H groups in total. The Morgan fingerprint density at radius 2 is 1.29 bits per heavy atom. The van der Waals surface area contributed by atoms with E-state index in [1.807, 2.05) is 48.5 Å². The predicted molar refractivity (Wildman–Crippen MR) is 201 cm³/mol. The highest BCUT2D eigenvalue weighted by Gasteiger charge is 2.45. The molecule has 0 aliphatic carbocycles. The summed E-state index contributed by atoms with van der Waals surface area (Å²) in [5.41, 5.74) is 2.37. The topological polar surface area (TPSA) is 61.8 Å². The second-order valence-corrected chi connectivity index (χ2v) is 17.3. The zero-order valence-corrected chi connectivity index (χ0v) is 33.8. The lowest BCUT2D eigenvalue weighted by Crippen LogP contribution is -2.41. The molecule has 0 aromatic heterocycles. The van der Waals surface area contributed by atoms with Crippen molar-refractivity contribution in [3.8, 4) is 11.5 Å². The van der Waals surface area contributed by atoms with E-state index in [1.165, 1.54) is 51.4 Å². The first-order valence-corrected chi connectivity index (χ1v) is 19.6. The number of hydrogen-bond acceptors (Lipinski definition) is 5. The smallest absolute Gasteiger partial charge is 0.317 e. The van der Waals surface area contributed by atoms with Gasteiger partial charge in [0.05, 0.1) is 16.9 Å². The summed E-state index contributed by atoms with van der Waals surface area (Å²) in [6.45, 7) is 29.5. The van der Waals surface area contributed by atoms with Crippen LogP contribution in [0.4, 0.5) is 0 Å². The van der Waals surface area contributed by atoms with Gasteiger partial charge >= 0.3 is 11.9 Å². The van der Waals surface area contributed by atoms with Crippen LogP contribution in [0.3, 0.4) is 0 Å². The molecule has 0 bridgehead atoms. The third-order valence-electron chi connectivity index (χ3n) is 11.7. The summed E-state index contributed by atoms with van der Waals surface area (Å²) in [5, 5.41) is 0. The zero-order valence-electron chi connectivity index (χ0n) is 33.8. The van der Waals surface area contributed by atoms with Crippen molar-refractivity contribution in [3.63, 3.8) is 0 Å². The van der Waals surface area contributed by atoms with E-state index in [0.717, 1.165) is 65.0 Å². The summed E-state index contributed by atoms with van der Waals surface area (Å²) in [6.07, 6.45) is 14.8. The molecule has 0 fully saturated rings. The highest BCUT2D eigenvalue weighted by atomic mass is 16.5. The first-order chi connectivity index (χ1) is 22.3. The molecule has 276 valence electrons. The minimum atomic E-state index is -0.832. The van der Waals surface area contributed by atoms with Gasteiger partial charge in [0.15, 0.2) is 0 Å². The fraction of sp³-hybridized carbons (Fsp3) is 0.814. The van der Waals surface area contributed by atoms with Crippen molar-refractivity contribution < 1.29 is 23.8 Å². The van der Waals surface area contributed by atoms with Crippen molar-refractivity contribution in [2.75, 3.05) is 0 Å². The molecule has 2 unspecified atom stereocenters. The first-order valence-electron chi connectivity index (χ1n) is 19.6. The van der Waals surface area contributed by atoms with Crippen LogP contribution in [0.2, 0.25) is 0 Å². The summed E-state index contributed by atoms with van der Waals surface area (Å²) in [4.78, 5) is 27.0. The molecule has 5 atom stereocenters. The molecule has 1 aliphatic heterocycles. The number of carbonyl (C=O) groups excluding carboxylic acids is 2. The first kappa shape index (κ1) is 42.1. The Bertz CT molecular complexity index is 1200. The lowest BCUT2D eigenvalue weighted by atomic mass is 9.70. The number of fused-ring (bicyclic) bond motifs is 1. The molecule has 0 amide bonds. The molecule has 2 rings (SSSR count). The maximum Gasteiger partial charge on any atom is 0.317 e. The van der Waals surface area contributed by atoms with Gasteiger partial charge in [0.2, 0.25) is 0 Å². The fourth-order valence-electron chi connectivity index (χ4n) is 7.53. The van der Waals surface area contributed by atoms with Crippen molar-refractivity contribution in [2.24, 2.45) is 28.6 Å². The highest BCUT2D eigenvalue weighted by molar-refractivity contribution is 5.82. The van der Waals surface area contributed by atoms with Gasteiger partial charge in [-0.25, -0.2) is 0 Å². The molecule has 1 heterocycles. The summed E-state index contributed by atoms with van der Waals surface area (Å²) in [6, 6.07) is 0. The zero-order chi connectivity index (χ0) is 36.4. The van der Waals surface area contributed by atoms with E-state index < -0.39 is 10.8 Å². The van der Waals surface area contributed by atoms with Crippen molar-refractivity contribution in [1.82, 2.24) is 0 Å². The minimum Gasteiger partial charge on any atom is -0.487 e. The summed E-state index contributed by atoms with van der Waals surface area (Å²) in [5.74, 6) is 3.50. The van der Waals surface area contributed by atoms with Crippen LogP contribution < -0.4 is 9.47 Å². The van der Waals surface area contributed by atoms with Gasteiger partial charge in [0.1, 0.15) is 17.1 Å². The molecule has 1 aliphatic rings. The standard InChI is InChI=1S/C43H74O5/c1-15-41(12,39(44)46-30(5)6)28-42(13,16-2)40(45)47-37-33(9)34(10)38-36(35(37)11)25-27-43(14,48-38)26-19-24-32(8)23-18-22-31(7)21-17-20-29(3)4/h29-32H,15-28H2,1-14H3/t31-,32-,41?,42?,43-/m0/s1. The molecular weight excluding hydrogens is 596 g/mol. The fourth-order valence-corrected chi connectivity index (χ4v) is 7.53. The molecule has 0 spiro atoms. The summed E-state index contributed by atoms with van der Waals surface area (Å²) < 4.78 is 18.8. The molecule has 5 heteroatoms. The Balaban J connectivity index is 2.06. The average Bonchev–Trinajstić information content (AvgIpc) is 3.01. The van der Waals surface area contributed by atoms with Gasteiger partial charge in [-0.15, -0.1) is 0 Å². The van der Waals surface area contributed by atoms with E-state index in [1.54, 1.807) is 0 Å². The Hall–Kier alpha value is -2.04. The third-order valence-corrected chi connectivity index (χ3v) is 11.7. The van der Waals surface area contributed by atoms with Gasteiger partial charge in [-0.1, -0.05) is 86.5 Å². The van der Waals surface area contributed by atoms with E-state index in [9.17, 15) is 9.59 Å². The second-order valence-electron chi connectivity index (χ2n) is 17.3. The number of esters is 2. The number of hydrogen-bond donors (Lipinski definition) is 0. The van der Waals surface area contributed by atoms with E-state index >= 15 is 0 Å². The van der Waals surface area contributed by atoms with E-state index in [-0.39, 0.29) is 23.6 Å². The largest absolute Gasteiger partial charge is 0.487 e. The number of ether oxygens (including phenoxy) is 3. The van der Waals surface area contributed by atoms with Crippen LogP contribution in [-0.4, -0.2) is 23.6 Å². The van der Waals surface area contributed by atoms with Crippen molar-refractivity contribution in [2.45, 2.75) is 199 Å². The molecular formula is C43H74O5. The van der Waals surface area contributed by atoms with E-state index in [2.05, 4.69) is 48.5 Å². The van der Waals surface area contributed by atoms with E-state index in [4.69, 9.17) is 14.2 Å². The van der Waals surface area contributed by atoms with Crippen molar-refractivity contribution >= 4 is 11.9 Å². The van der Waals surface area contributed by atoms with Gasteiger partial charge in [-0.2, -0.15) is 0 Å². The van der Waals surface area contributed by atoms with Crippen LogP contribution in [0.5, 0.6) is 11.5 Å². The van der Waals surface area contributed by atoms with Crippen LogP contribution in [0.25, 0.3) is 0 Å². The van der Waals surface area contributed by atoms with Gasteiger partial charge < -0.3 is 14.2 Å². The monoisotopic (exact) mass is 671 g/mol. The molecule has 0 saturated heterocycles. The number of benzene rings is 1. The Labute approximate surface area is 296 Å². The van der Waals surface area contributed by atoms with Gasteiger partial charge in [0, 0.05) is 5.56 Å². The Kier molecular flexibility index (Phi) is 16.0. The average molecular weight is 671 g/mol. The lowest BCUT2D eigenvalue weighted by Gasteiger charge is -2.39. The molecule has 5 nitrogen and oxygen atoms in total. The van der Waals surface area contributed by atoms with Crippen molar-refractivity contribution in [3.05, 3.63) is 22.3 Å². The number of rotatable bonds is 20. The van der Waals surface area contributed by atoms with Gasteiger partial charge in [-0.3, -0.25) is 9.59 Å². The van der Waals surface area contributed by atoms with Gasteiger partial charge in [0.25, 0.3) is 0 Å². The van der Waals surface area contributed by atoms with Crippen LogP contribution in [0.15, 0.2) is 0 Å². The maximum atomic E-state index is 13.9. The molecule has 0 radical (unpaired) electrons. The SMILES string of the molecule is CCC(C)(CC(C)(CC)C(=O)OC(C)C)C(=O)Oc1c(C)c(C)c2c(c1C)CC[C@](C)(CCC[C@@H](C)CCC[C@@H](C)CCCC(C)C)O2. The highest BCUT2D eigenvalue weighted by Crippen LogP contribution is 2.47. The maximum absolute atomic E-state index is 13.9. The van der Waals surface area contributed by atoms with Gasteiger partial charge in [-0.05, 0) is 135 Å². The molecule has 48 heavy (non-hydrogen) atoms. The molecule has 0 saturated carbocycles. The Morgan fingerprint density at radius 1 is 0.771 bits per heavy atom. The van der Waals surface area contributed by atoms with Crippen LogP contribution in [-0.2, 0) is 20.7 Å². The quantitative estimate of drug-likeness (QED) is 0.102. The third kappa shape index (κ3) is 11.5. The van der Waals surface area contributed by atoms with Crippen LogP contribution >= 0.6 is 0 Å². The van der Waals surface area contributed by atoms with Crippen LogP contribution in [0.1, 0.15) is 182 Å². The lowest BCUT2D eigenvalue weighted by molar-refractivity contribution is -0.163. The Morgan fingerprint density at radius 3 is 1.81 bits per heavy atom. The van der Waals surface area contributed by atoms with E-state index in [0.29, 0.717) is 25.0 Å². The predicted octanol–water partition coefficient (Wildman–Crippen LogP) is 12.2. The summed E-state index contributed by atoms with van der Waals surface area (Å²) in [7, 11) is 0. The van der Waals surface area contributed by atoms with Crippen molar-refractivity contribution in [1.29, 1.82) is 0 Å². The molecule has 1 aromatic carbocycles. The second kappa shape index (κ2) is 18.3. The summed E-state index contributed by atoms with van der Waals surface area (Å²) >= 11 is 0. The molecule has 1 aromatic rings.